The van der Waals surface area contributed by atoms with Crippen LogP contribution >= 0.6 is 0 Å². The molecule has 1 saturated heterocycles. The first-order chi connectivity index (χ1) is 6.49. The van der Waals surface area contributed by atoms with Crippen LogP contribution in [0, 0.1) is 0 Å². The van der Waals surface area contributed by atoms with Crippen LogP contribution in [0.5, 0.6) is 0 Å². The van der Waals surface area contributed by atoms with Crippen molar-refractivity contribution in [3.05, 3.63) is 0 Å². The van der Waals surface area contributed by atoms with Gasteiger partial charge in [-0.25, -0.2) is 0 Å². The third kappa shape index (κ3) is 5.99. The summed E-state index contributed by atoms with van der Waals surface area (Å²) in [6, 6.07) is 0.420. The Kier molecular flexibility index (Phi) is 6.20. The lowest BCUT2D eigenvalue weighted by Crippen LogP contribution is -2.34. The molecule has 1 atom stereocenters. The molecule has 0 unspecified atom stereocenters. The summed E-state index contributed by atoms with van der Waals surface area (Å²) in [5.41, 5.74) is 0. The molecule has 0 aromatic heterocycles. The normalized spacial score (nSPS) is 21.8. The number of rotatable bonds is 4. The minimum absolute atomic E-state index is 0. The first kappa shape index (κ1) is 14.7. The molecule has 0 spiro atoms. The summed E-state index contributed by atoms with van der Waals surface area (Å²) in [7, 11) is 1.90. The van der Waals surface area contributed by atoms with E-state index in [-0.39, 0.29) is 13.8 Å². The summed E-state index contributed by atoms with van der Waals surface area (Å²) in [5, 5.41) is 3.20. The Labute approximate surface area is 89.8 Å². The number of nitrogens with zero attached hydrogens (tertiary/aromatic N) is 1. The second kappa shape index (κ2) is 6.33. The Morgan fingerprint density at radius 3 is 2.53 bits per heavy atom. The van der Waals surface area contributed by atoms with Gasteiger partial charge in [-0.1, -0.05) is 7.43 Å². The van der Waals surface area contributed by atoms with Crippen molar-refractivity contribution in [1.82, 2.24) is 10.2 Å². The van der Waals surface area contributed by atoms with Gasteiger partial charge < -0.3 is 10.2 Å². The molecule has 0 bridgehead atoms. The van der Waals surface area contributed by atoms with Crippen molar-refractivity contribution in [3.8, 4) is 0 Å². The molecular formula is C10H21F3N2. The van der Waals surface area contributed by atoms with Crippen LogP contribution in [-0.4, -0.2) is 43.8 Å². The highest BCUT2D eigenvalue weighted by Gasteiger charge is 2.27. The summed E-state index contributed by atoms with van der Waals surface area (Å²) >= 11 is 0. The van der Waals surface area contributed by atoms with Crippen LogP contribution in [0.25, 0.3) is 0 Å². The number of hydrogen-bond acceptors (Lipinski definition) is 2. The van der Waals surface area contributed by atoms with Gasteiger partial charge in [-0.2, -0.15) is 13.2 Å². The van der Waals surface area contributed by atoms with Crippen LogP contribution in [0.15, 0.2) is 0 Å². The van der Waals surface area contributed by atoms with E-state index in [4.69, 9.17) is 0 Å². The zero-order valence-corrected chi connectivity index (χ0v) is 8.40. The number of likely N-dealkylation sites (N-methyl/N-ethyl adjacent to an activating group) is 1. The summed E-state index contributed by atoms with van der Waals surface area (Å²) in [4.78, 5) is 2.02. The molecule has 92 valence electrons. The quantitative estimate of drug-likeness (QED) is 0.791. The Balaban J connectivity index is 0.00000196. The maximum absolute atomic E-state index is 11.9. The number of nitrogens with one attached hydrogen (secondary N) is 1. The van der Waals surface area contributed by atoms with Crippen molar-refractivity contribution in [1.29, 1.82) is 0 Å². The fourth-order valence-electron chi connectivity index (χ4n) is 1.73. The standard InChI is InChI=1S/C9H17F3N2.CH4/c1-14(8-3-5-13-7-8)6-2-4-9(10,11)12;/h8,13H,2-7H2,1H3;1H4/t8-;/m0./s1. The van der Waals surface area contributed by atoms with E-state index in [9.17, 15) is 13.2 Å². The maximum Gasteiger partial charge on any atom is 0.389 e. The van der Waals surface area contributed by atoms with Crippen LogP contribution in [-0.2, 0) is 0 Å². The summed E-state index contributed by atoms with van der Waals surface area (Å²) < 4.78 is 35.6. The molecule has 0 aromatic carbocycles. The van der Waals surface area contributed by atoms with Crippen LogP contribution in [0.1, 0.15) is 26.7 Å². The van der Waals surface area contributed by atoms with Gasteiger partial charge in [-0.3, -0.25) is 0 Å². The van der Waals surface area contributed by atoms with Gasteiger partial charge >= 0.3 is 6.18 Å². The highest BCUT2D eigenvalue weighted by atomic mass is 19.4. The zero-order chi connectivity index (χ0) is 10.6. The van der Waals surface area contributed by atoms with Gasteiger partial charge in [0, 0.05) is 19.0 Å². The van der Waals surface area contributed by atoms with E-state index in [1.54, 1.807) is 0 Å². The molecule has 0 saturated carbocycles. The molecule has 1 heterocycles. The molecule has 1 N–H and O–H groups in total. The van der Waals surface area contributed by atoms with E-state index < -0.39 is 12.6 Å². The third-order valence-electron chi connectivity index (χ3n) is 2.63. The fraction of sp³-hybridized carbons (Fsp3) is 1.00. The van der Waals surface area contributed by atoms with Crippen molar-refractivity contribution in [3.63, 3.8) is 0 Å². The van der Waals surface area contributed by atoms with Gasteiger partial charge in [-0.15, -0.1) is 0 Å². The minimum Gasteiger partial charge on any atom is -0.315 e. The van der Waals surface area contributed by atoms with Crippen molar-refractivity contribution >= 4 is 0 Å². The average Bonchev–Trinajstić information content (AvgIpc) is 2.53. The predicted molar refractivity (Wildman–Crippen MR) is 55.9 cm³/mol. The maximum atomic E-state index is 11.9. The third-order valence-corrected chi connectivity index (χ3v) is 2.63. The molecule has 0 amide bonds. The summed E-state index contributed by atoms with van der Waals surface area (Å²) in [6.07, 6.45) is -3.43. The molecule has 0 radical (unpaired) electrons. The Morgan fingerprint density at radius 2 is 2.07 bits per heavy atom. The second-order valence-corrected chi connectivity index (χ2v) is 3.85. The molecule has 2 nitrogen and oxygen atoms in total. The van der Waals surface area contributed by atoms with E-state index in [2.05, 4.69) is 5.32 Å². The lowest BCUT2D eigenvalue weighted by atomic mass is 10.2. The SMILES string of the molecule is C.CN(CCCC(F)(F)F)[C@H]1CCNC1. The van der Waals surface area contributed by atoms with E-state index in [0.29, 0.717) is 12.6 Å². The van der Waals surface area contributed by atoms with Gasteiger partial charge in [0.2, 0.25) is 0 Å². The summed E-state index contributed by atoms with van der Waals surface area (Å²) in [6.45, 7) is 2.42. The molecule has 1 fully saturated rings. The van der Waals surface area contributed by atoms with Crippen LogP contribution in [0.4, 0.5) is 13.2 Å². The topological polar surface area (TPSA) is 15.3 Å². The van der Waals surface area contributed by atoms with Gasteiger partial charge in [0.15, 0.2) is 0 Å². The van der Waals surface area contributed by atoms with Crippen molar-refractivity contribution in [2.45, 2.75) is 38.9 Å². The monoisotopic (exact) mass is 226 g/mol. The smallest absolute Gasteiger partial charge is 0.315 e. The molecule has 0 aromatic rings. The predicted octanol–water partition coefficient (Wildman–Crippen LogP) is 2.26. The van der Waals surface area contributed by atoms with Crippen LogP contribution < -0.4 is 5.32 Å². The largest absolute Gasteiger partial charge is 0.389 e. The highest BCUT2D eigenvalue weighted by Crippen LogP contribution is 2.21. The second-order valence-electron chi connectivity index (χ2n) is 3.85. The van der Waals surface area contributed by atoms with E-state index in [0.717, 1.165) is 19.5 Å². The lowest BCUT2D eigenvalue weighted by molar-refractivity contribution is -0.136. The number of alkyl halides is 3. The zero-order valence-electron chi connectivity index (χ0n) is 8.40. The lowest BCUT2D eigenvalue weighted by Gasteiger charge is -2.23. The molecule has 0 aliphatic carbocycles. The van der Waals surface area contributed by atoms with Crippen molar-refractivity contribution in [2.24, 2.45) is 0 Å². The molecule has 1 aliphatic heterocycles. The summed E-state index contributed by atoms with van der Waals surface area (Å²) in [5.74, 6) is 0. The molecular weight excluding hydrogens is 205 g/mol. The van der Waals surface area contributed by atoms with Crippen LogP contribution in [0.3, 0.4) is 0 Å². The molecule has 15 heavy (non-hydrogen) atoms. The number of hydrogen-bond donors (Lipinski definition) is 1. The first-order valence-electron chi connectivity index (χ1n) is 4.97. The van der Waals surface area contributed by atoms with Crippen molar-refractivity contribution < 1.29 is 13.2 Å². The van der Waals surface area contributed by atoms with Gasteiger partial charge in [0.25, 0.3) is 0 Å². The van der Waals surface area contributed by atoms with Gasteiger partial charge in [-0.05, 0) is 33.0 Å². The molecule has 1 aliphatic rings. The highest BCUT2D eigenvalue weighted by molar-refractivity contribution is 4.78. The van der Waals surface area contributed by atoms with E-state index in [1.807, 2.05) is 11.9 Å². The first-order valence-corrected chi connectivity index (χ1v) is 4.97. The Hall–Kier alpha value is -0.290. The van der Waals surface area contributed by atoms with Crippen molar-refractivity contribution in [2.75, 3.05) is 26.7 Å². The van der Waals surface area contributed by atoms with E-state index in [1.165, 1.54) is 0 Å². The Morgan fingerprint density at radius 1 is 1.40 bits per heavy atom. The van der Waals surface area contributed by atoms with Gasteiger partial charge in [0.1, 0.15) is 0 Å². The van der Waals surface area contributed by atoms with E-state index >= 15 is 0 Å². The fourth-order valence-corrected chi connectivity index (χ4v) is 1.73. The van der Waals surface area contributed by atoms with Crippen LogP contribution in [0.2, 0.25) is 0 Å². The molecule has 1 rings (SSSR count). The number of halogens is 3. The average molecular weight is 226 g/mol. The molecule has 5 heteroatoms. The van der Waals surface area contributed by atoms with Gasteiger partial charge in [0.05, 0.1) is 0 Å². The minimum atomic E-state index is -4.01. The Bertz CT molecular complexity index is 165.